The van der Waals surface area contributed by atoms with Gasteiger partial charge in [0.25, 0.3) is 0 Å². The third kappa shape index (κ3) is 3.43. The zero-order valence-electron chi connectivity index (χ0n) is 10.8. The summed E-state index contributed by atoms with van der Waals surface area (Å²) in [5, 5.41) is 20.0. The van der Waals surface area contributed by atoms with Gasteiger partial charge in [-0.25, -0.2) is 4.39 Å². The van der Waals surface area contributed by atoms with Crippen molar-refractivity contribution in [2.75, 3.05) is 34.8 Å². The van der Waals surface area contributed by atoms with Gasteiger partial charge in [0.05, 0.1) is 5.69 Å². The lowest BCUT2D eigenvalue weighted by Crippen LogP contribution is -2.33. The smallest absolute Gasteiger partial charge is 0.148 e. The standard InChI is InChI=1S/C14H13FN4S/c15-13-7-12(18-10-11(8-16)9-17)1-2-14(13)19-3-5-20-6-4-19/h1-2,7,10,18H,3-6H2. The van der Waals surface area contributed by atoms with E-state index in [4.69, 9.17) is 10.5 Å². The number of thioether (sulfide) groups is 1. The summed E-state index contributed by atoms with van der Waals surface area (Å²) >= 11 is 1.87. The van der Waals surface area contributed by atoms with Gasteiger partial charge < -0.3 is 10.2 Å². The molecule has 0 unspecified atom stereocenters. The van der Waals surface area contributed by atoms with Crippen LogP contribution in [0.2, 0.25) is 0 Å². The fourth-order valence-electron chi connectivity index (χ4n) is 1.90. The van der Waals surface area contributed by atoms with Gasteiger partial charge in [-0.1, -0.05) is 0 Å². The van der Waals surface area contributed by atoms with Crippen molar-refractivity contribution in [2.45, 2.75) is 0 Å². The first-order chi connectivity index (χ1) is 9.74. The van der Waals surface area contributed by atoms with E-state index in [9.17, 15) is 4.39 Å². The molecule has 0 bridgehead atoms. The molecule has 2 rings (SSSR count). The number of anilines is 2. The van der Waals surface area contributed by atoms with Crippen molar-refractivity contribution in [3.63, 3.8) is 0 Å². The Morgan fingerprint density at radius 3 is 2.60 bits per heavy atom. The van der Waals surface area contributed by atoms with Gasteiger partial charge in [-0.15, -0.1) is 0 Å². The summed E-state index contributed by atoms with van der Waals surface area (Å²) in [6.07, 6.45) is 1.27. The van der Waals surface area contributed by atoms with Gasteiger partial charge >= 0.3 is 0 Å². The number of hydrogen-bond acceptors (Lipinski definition) is 5. The van der Waals surface area contributed by atoms with Crippen LogP contribution in [0.25, 0.3) is 0 Å². The molecule has 1 aromatic rings. The van der Waals surface area contributed by atoms with Crippen molar-refractivity contribution in [1.29, 1.82) is 10.5 Å². The van der Waals surface area contributed by atoms with Gasteiger partial charge in [-0.05, 0) is 18.2 Å². The molecular weight excluding hydrogens is 275 g/mol. The summed E-state index contributed by atoms with van der Waals surface area (Å²) in [5.41, 5.74) is 1.06. The van der Waals surface area contributed by atoms with Gasteiger partial charge in [-0.3, -0.25) is 0 Å². The van der Waals surface area contributed by atoms with Crippen LogP contribution in [0.4, 0.5) is 15.8 Å². The van der Waals surface area contributed by atoms with Gasteiger partial charge in [0, 0.05) is 36.5 Å². The molecule has 0 saturated carbocycles. The normalized spacial score (nSPS) is 14.1. The fourth-order valence-corrected chi connectivity index (χ4v) is 2.81. The molecule has 20 heavy (non-hydrogen) atoms. The maximum Gasteiger partial charge on any atom is 0.148 e. The van der Waals surface area contributed by atoms with E-state index in [1.807, 2.05) is 16.7 Å². The highest BCUT2D eigenvalue weighted by atomic mass is 32.2. The lowest BCUT2D eigenvalue weighted by Gasteiger charge is -2.28. The van der Waals surface area contributed by atoms with Crippen LogP contribution in [0.1, 0.15) is 0 Å². The van der Waals surface area contributed by atoms with E-state index in [1.54, 1.807) is 24.3 Å². The highest BCUT2D eigenvalue weighted by molar-refractivity contribution is 7.99. The van der Waals surface area contributed by atoms with Crippen LogP contribution >= 0.6 is 11.8 Å². The Kier molecular flexibility index (Phi) is 4.86. The van der Waals surface area contributed by atoms with E-state index in [-0.39, 0.29) is 11.4 Å². The van der Waals surface area contributed by atoms with E-state index in [0.717, 1.165) is 24.6 Å². The summed E-state index contributed by atoms with van der Waals surface area (Å²) in [6.45, 7) is 1.70. The van der Waals surface area contributed by atoms with Crippen LogP contribution in [0.15, 0.2) is 30.0 Å². The molecule has 0 radical (unpaired) electrons. The van der Waals surface area contributed by atoms with Crippen LogP contribution in [0.3, 0.4) is 0 Å². The number of nitrogens with zero attached hydrogens (tertiary/aromatic N) is 3. The first kappa shape index (κ1) is 14.2. The molecule has 0 spiro atoms. The van der Waals surface area contributed by atoms with Crippen LogP contribution in [0, 0.1) is 28.5 Å². The first-order valence-corrected chi connectivity index (χ1v) is 7.29. The molecule has 1 fully saturated rings. The third-order valence-corrected chi connectivity index (χ3v) is 3.87. The Morgan fingerprint density at radius 1 is 1.30 bits per heavy atom. The Morgan fingerprint density at radius 2 is 2.00 bits per heavy atom. The Labute approximate surface area is 121 Å². The number of nitriles is 2. The van der Waals surface area contributed by atoms with Crippen molar-refractivity contribution >= 4 is 23.1 Å². The Balaban J connectivity index is 2.12. The van der Waals surface area contributed by atoms with Gasteiger partial charge in [0.15, 0.2) is 0 Å². The molecule has 0 amide bonds. The summed E-state index contributed by atoms with van der Waals surface area (Å²) in [5.74, 6) is 1.72. The second-order valence-electron chi connectivity index (χ2n) is 4.19. The van der Waals surface area contributed by atoms with Gasteiger partial charge in [-0.2, -0.15) is 22.3 Å². The monoisotopic (exact) mass is 288 g/mol. The average molecular weight is 288 g/mol. The third-order valence-electron chi connectivity index (χ3n) is 2.92. The number of halogens is 1. The Bertz CT molecular complexity index is 578. The minimum absolute atomic E-state index is 0.0532. The molecule has 1 heterocycles. The number of hydrogen-bond donors (Lipinski definition) is 1. The minimum atomic E-state index is -0.300. The number of benzene rings is 1. The molecule has 102 valence electrons. The molecule has 1 saturated heterocycles. The van der Waals surface area contributed by atoms with E-state index < -0.39 is 0 Å². The molecule has 1 N–H and O–H groups in total. The van der Waals surface area contributed by atoms with E-state index in [2.05, 4.69) is 5.32 Å². The van der Waals surface area contributed by atoms with Crippen molar-refractivity contribution in [3.8, 4) is 12.1 Å². The number of rotatable bonds is 3. The van der Waals surface area contributed by atoms with Crippen molar-refractivity contribution < 1.29 is 4.39 Å². The first-order valence-electron chi connectivity index (χ1n) is 6.13. The second kappa shape index (κ2) is 6.83. The molecular formula is C14H13FN4S. The summed E-state index contributed by atoms with van der Waals surface area (Å²) < 4.78 is 14.1. The van der Waals surface area contributed by atoms with Crippen LogP contribution in [-0.4, -0.2) is 24.6 Å². The molecule has 1 aliphatic heterocycles. The van der Waals surface area contributed by atoms with Crippen LogP contribution in [-0.2, 0) is 0 Å². The minimum Gasteiger partial charge on any atom is -0.368 e. The molecule has 6 heteroatoms. The SMILES string of the molecule is N#CC(C#N)=CNc1ccc(N2CCSCC2)c(F)c1. The van der Waals surface area contributed by atoms with Crippen LogP contribution in [0.5, 0.6) is 0 Å². The summed E-state index contributed by atoms with van der Waals surface area (Å²) in [7, 11) is 0. The zero-order chi connectivity index (χ0) is 14.4. The number of allylic oxidation sites excluding steroid dienone is 1. The van der Waals surface area contributed by atoms with Crippen molar-refractivity contribution in [3.05, 3.63) is 35.8 Å². The maximum atomic E-state index is 14.1. The quantitative estimate of drug-likeness (QED) is 0.866. The summed E-state index contributed by atoms with van der Waals surface area (Å²) in [6, 6.07) is 8.30. The number of nitrogens with one attached hydrogen (secondary N) is 1. The average Bonchev–Trinajstić information content (AvgIpc) is 2.49. The van der Waals surface area contributed by atoms with Crippen molar-refractivity contribution in [1.82, 2.24) is 0 Å². The summed E-state index contributed by atoms with van der Waals surface area (Å²) in [4.78, 5) is 2.03. The molecule has 0 aliphatic carbocycles. The van der Waals surface area contributed by atoms with E-state index in [0.29, 0.717) is 11.4 Å². The lowest BCUT2D eigenvalue weighted by atomic mass is 10.2. The highest BCUT2D eigenvalue weighted by Gasteiger charge is 2.14. The lowest BCUT2D eigenvalue weighted by molar-refractivity contribution is 0.620. The molecule has 0 atom stereocenters. The molecule has 4 nitrogen and oxygen atoms in total. The molecule has 0 aromatic heterocycles. The van der Waals surface area contributed by atoms with Crippen molar-refractivity contribution in [2.24, 2.45) is 0 Å². The predicted molar refractivity (Wildman–Crippen MR) is 78.9 cm³/mol. The largest absolute Gasteiger partial charge is 0.368 e. The van der Waals surface area contributed by atoms with Gasteiger partial charge in [0.2, 0.25) is 0 Å². The van der Waals surface area contributed by atoms with Crippen LogP contribution < -0.4 is 10.2 Å². The zero-order valence-corrected chi connectivity index (χ0v) is 11.6. The van der Waals surface area contributed by atoms with E-state index >= 15 is 0 Å². The molecule has 1 aliphatic rings. The predicted octanol–water partition coefficient (Wildman–Crippen LogP) is 2.72. The Hall–Kier alpha value is -2.18. The fraction of sp³-hybridized carbons (Fsp3) is 0.286. The highest BCUT2D eigenvalue weighted by Crippen LogP contribution is 2.25. The second-order valence-corrected chi connectivity index (χ2v) is 5.42. The topological polar surface area (TPSA) is 62.9 Å². The van der Waals surface area contributed by atoms with E-state index in [1.165, 1.54) is 12.3 Å². The maximum absolute atomic E-state index is 14.1. The van der Waals surface area contributed by atoms with Gasteiger partial charge in [0.1, 0.15) is 23.5 Å². The molecule has 1 aromatic carbocycles.